The maximum Gasteiger partial charge on any atom is 0.139 e. The first-order chi connectivity index (χ1) is 4.74. The first kappa shape index (κ1) is 7.52. The van der Waals surface area contributed by atoms with E-state index in [4.69, 9.17) is 0 Å². The largest absolute Gasteiger partial charge is 0.299 e. The van der Waals surface area contributed by atoms with Crippen molar-refractivity contribution >= 4 is 5.78 Å². The summed E-state index contributed by atoms with van der Waals surface area (Å²) in [4.78, 5) is 11.1. The van der Waals surface area contributed by atoms with Gasteiger partial charge < -0.3 is 0 Å². The van der Waals surface area contributed by atoms with Crippen molar-refractivity contribution in [3.05, 3.63) is 12.2 Å². The van der Waals surface area contributed by atoms with Crippen molar-refractivity contribution < 1.29 is 4.79 Å². The van der Waals surface area contributed by atoms with Crippen LogP contribution in [0.1, 0.15) is 32.6 Å². The van der Waals surface area contributed by atoms with Gasteiger partial charge in [0.15, 0.2) is 0 Å². The lowest BCUT2D eigenvalue weighted by Crippen LogP contribution is -2.00. The molecule has 1 aliphatic carbocycles. The Morgan fingerprint density at radius 1 is 1.60 bits per heavy atom. The molecule has 0 spiro atoms. The molecule has 1 aliphatic rings. The van der Waals surface area contributed by atoms with E-state index in [-0.39, 0.29) is 0 Å². The molecule has 0 aromatic carbocycles. The van der Waals surface area contributed by atoms with E-state index in [2.05, 4.69) is 6.58 Å². The molecule has 1 nitrogen and oxygen atoms in total. The van der Waals surface area contributed by atoms with Gasteiger partial charge in [0, 0.05) is 12.3 Å². The fourth-order valence-electron chi connectivity index (χ4n) is 0.921. The summed E-state index contributed by atoms with van der Waals surface area (Å²) in [6.07, 6.45) is 3.81. The van der Waals surface area contributed by atoms with E-state index >= 15 is 0 Å². The molecule has 1 rings (SSSR count). The molecule has 0 amide bonds. The third kappa shape index (κ3) is 1.98. The molecule has 0 unspecified atom stereocenters. The highest BCUT2D eigenvalue weighted by molar-refractivity contribution is 5.85. The topological polar surface area (TPSA) is 17.1 Å². The van der Waals surface area contributed by atoms with Crippen LogP contribution in [0.5, 0.6) is 0 Å². The highest BCUT2D eigenvalue weighted by atomic mass is 16.1. The predicted molar refractivity (Wildman–Crippen MR) is 41.8 cm³/mol. The second-order valence-corrected chi connectivity index (χ2v) is 3.02. The lowest BCUT2D eigenvalue weighted by Gasteiger charge is -1.98. The van der Waals surface area contributed by atoms with Gasteiger partial charge >= 0.3 is 0 Å². The summed E-state index contributed by atoms with van der Waals surface area (Å²) in [6, 6.07) is 0. The summed E-state index contributed by atoms with van der Waals surface area (Å²) in [7, 11) is 0. The Kier molecular flexibility index (Phi) is 2.25. The Morgan fingerprint density at radius 3 is 2.60 bits per heavy atom. The molecular weight excluding hydrogens is 124 g/mol. The lowest BCUT2D eigenvalue weighted by atomic mass is 10.1. The number of carbonyl (C=O) groups excluding carboxylic acids is 1. The van der Waals surface area contributed by atoms with Gasteiger partial charge in [-0.3, -0.25) is 4.79 Å². The normalized spacial score (nSPS) is 16.9. The van der Waals surface area contributed by atoms with Gasteiger partial charge in [-0.25, -0.2) is 0 Å². The molecule has 0 heterocycles. The second-order valence-electron chi connectivity index (χ2n) is 3.02. The molecule has 0 aliphatic heterocycles. The zero-order valence-electron chi connectivity index (χ0n) is 6.52. The number of allylic oxidation sites excluding steroid dienone is 1. The summed E-state index contributed by atoms with van der Waals surface area (Å²) < 4.78 is 0. The Labute approximate surface area is 62.1 Å². The average molecular weight is 138 g/mol. The van der Waals surface area contributed by atoms with Crippen molar-refractivity contribution in [1.82, 2.24) is 0 Å². The maximum atomic E-state index is 11.1. The lowest BCUT2D eigenvalue weighted by molar-refractivity contribution is -0.119. The molecule has 10 heavy (non-hydrogen) atoms. The number of hydrogen-bond acceptors (Lipinski definition) is 1. The fourth-order valence-corrected chi connectivity index (χ4v) is 0.921. The molecule has 1 saturated carbocycles. The van der Waals surface area contributed by atoms with Crippen molar-refractivity contribution in [1.29, 1.82) is 0 Å². The van der Waals surface area contributed by atoms with E-state index in [0.717, 1.165) is 24.8 Å². The van der Waals surface area contributed by atoms with E-state index in [0.29, 0.717) is 18.1 Å². The summed E-state index contributed by atoms with van der Waals surface area (Å²) in [6.45, 7) is 5.85. The molecular formula is C9H14O. The van der Waals surface area contributed by atoms with E-state index in [1.807, 2.05) is 6.92 Å². The van der Waals surface area contributed by atoms with Crippen LogP contribution in [0.3, 0.4) is 0 Å². The van der Waals surface area contributed by atoms with Crippen molar-refractivity contribution in [2.24, 2.45) is 5.92 Å². The number of ketones is 1. The molecule has 1 heteroatoms. The van der Waals surface area contributed by atoms with Crippen LogP contribution in [0.2, 0.25) is 0 Å². The smallest absolute Gasteiger partial charge is 0.139 e. The molecule has 0 aromatic rings. The summed E-state index contributed by atoms with van der Waals surface area (Å²) >= 11 is 0. The van der Waals surface area contributed by atoms with Crippen LogP contribution in [-0.4, -0.2) is 5.78 Å². The zero-order chi connectivity index (χ0) is 7.56. The standard InChI is InChI=1S/C9H14O/c1-3-7(2)6-9(10)8-4-5-8/h8H,2-6H2,1H3. The van der Waals surface area contributed by atoms with E-state index in [1.165, 1.54) is 0 Å². The van der Waals surface area contributed by atoms with Crippen LogP contribution in [0.25, 0.3) is 0 Å². The highest BCUT2D eigenvalue weighted by Crippen LogP contribution is 2.31. The quantitative estimate of drug-likeness (QED) is 0.545. The second kappa shape index (κ2) is 3.00. The highest BCUT2D eigenvalue weighted by Gasteiger charge is 2.28. The van der Waals surface area contributed by atoms with Crippen LogP contribution in [-0.2, 0) is 4.79 Å². The monoisotopic (exact) mass is 138 g/mol. The third-order valence-corrected chi connectivity index (χ3v) is 1.96. The van der Waals surface area contributed by atoms with E-state index < -0.39 is 0 Å². The number of rotatable bonds is 4. The minimum absolute atomic E-state index is 0.406. The van der Waals surface area contributed by atoms with Crippen LogP contribution < -0.4 is 0 Å². The van der Waals surface area contributed by atoms with Gasteiger partial charge in [-0.2, -0.15) is 0 Å². The molecule has 1 fully saturated rings. The van der Waals surface area contributed by atoms with Gasteiger partial charge in [0.25, 0.3) is 0 Å². The van der Waals surface area contributed by atoms with Crippen molar-refractivity contribution in [3.8, 4) is 0 Å². The van der Waals surface area contributed by atoms with Crippen LogP contribution in [0.4, 0.5) is 0 Å². The molecule has 0 atom stereocenters. The molecule has 0 saturated heterocycles. The molecule has 0 radical (unpaired) electrons. The predicted octanol–water partition coefficient (Wildman–Crippen LogP) is 2.32. The fraction of sp³-hybridized carbons (Fsp3) is 0.667. The molecule has 56 valence electrons. The average Bonchev–Trinajstić information content (AvgIpc) is 2.68. The van der Waals surface area contributed by atoms with Crippen molar-refractivity contribution in [2.75, 3.05) is 0 Å². The summed E-state index contributed by atoms with van der Waals surface area (Å²) in [5.74, 6) is 0.815. The Hall–Kier alpha value is -0.590. The van der Waals surface area contributed by atoms with Gasteiger partial charge in [0.1, 0.15) is 5.78 Å². The van der Waals surface area contributed by atoms with Crippen molar-refractivity contribution in [2.45, 2.75) is 32.6 Å². The van der Waals surface area contributed by atoms with Crippen LogP contribution >= 0.6 is 0 Å². The van der Waals surface area contributed by atoms with Crippen LogP contribution in [0, 0.1) is 5.92 Å². The molecule has 0 N–H and O–H groups in total. The van der Waals surface area contributed by atoms with Gasteiger partial charge in [0.2, 0.25) is 0 Å². The Balaban J connectivity index is 2.23. The number of Topliss-reactive ketones (excluding diaryl/α,β-unsaturated/α-hetero) is 1. The zero-order valence-corrected chi connectivity index (χ0v) is 6.52. The van der Waals surface area contributed by atoms with Gasteiger partial charge in [0.05, 0.1) is 0 Å². The Morgan fingerprint density at radius 2 is 2.20 bits per heavy atom. The van der Waals surface area contributed by atoms with E-state index in [9.17, 15) is 4.79 Å². The molecule has 0 aromatic heterocycles. The molecule has 0 bridgehead atoms. The number of carbonyl (C=O) groups is 1. The summed E-state index contributed by atoms with van der Waals surface area (Å²) in [5.41, 5.74) is 1.08. The minimum atomic E-state index is 0.406. The maximum absolute atomic E-state index is 11.1. The Bertz CT molecular complexity index is 154. The van der Waals surface area contributed by atoms with E-state index in [1.54, 1.807) is 0 Å². The van der Waals surface area contributed by atoms with Gasteiger partial charge in [-0.15, -0.1) is 0 Å². The first-order valence-corrected chi connectivity index (χ1v) is 3.93. The van der Waals surface area contributed by atoms with Gasteiger partial charge in [-0.05, 0) is 19.3 Å². The van der Waals surface area contributed by atoms with Crippen molar-refractivity contribution in [3.63, 3.8) is 0 Å². The minimum Gasteiger partial charge on any atom is -0.299 e. The third-order valence-electron chi connectivity index (χ3n) is 1.96. The number of hydrogen-bond donors (Lipinski definition) is 0. The summed E-state index contributed by atoms with van der Waals surface area (Å²) in [5, 5.41) is 0. The van der Waals surface area contributed by atoms with Gasteiger partial charge in [-0.1, -0.05) is 19.1 Å². The van der Waals surface area contributed by atoms with Crippen LogP contribution in [0.15, 0.2) is 12.2 Å². The SMILES string of the molecule is C=C(CC)CC(=O)C1CC1. The first-order valence-electron chi connectivity index (χ1n) is 3.93.